The molecule has 0 aromatic carbocycles. The number of phosphoric acid groups is 1. The van der Waals surface area contributed by atoms with E-state index in [4.69, 9.17) is 27.7 Å². The Bertz CT molecular complexity index is 348. The van der Waals surface area contributed by atoms with E-state index < -0.39 is 24.0 Å². The maximum atomic E-state index is 11.7. The third kappa shape index (κ3) is 4.83. The maximum absolute atomic E-state index is 11.7. The lowest BCUT2D eigenvalue weighted by Gasteiger charge is -2.19. The summed E-state index contributed by atoms with van der Waals surface area (Å²) in [7, 11) is 0.755. The van der Waals surface area contributed by atoms with Gasteiger partial charge in [-0.15, -0.1) is 0 Å². The molecule has 0 saturated carbocycles. The van der Waals surface area contributed by atoms with Crippen molar-refractivity contribution >= 4 is 36.9 Å². The van der Waals surface area contributed by atoms with Gasteiger partial charge in [0.05, 0.1) is 7.11 Å². The number of phosphoric ester groups is 1. The zero-order valence-electron chi connectivity index (χ0n) is 9.60. The van der Waals surface area contributed by atoms with E-state index in [2.05, 4.69) is 13.9 Å². The molecule has 0 fully saturated rings. The predicted octanol–water partition coefficient (Wildman–Crippen LogP) is 2.07. The topological polar surface area (TPSA) is 74.3 Å². The van der Waals surface area contributed by atoms with Gasteiger partial charge in [-0.2, -0.15) is 0 Å². The van der Waals surface area contributed by atoms with Crippen LogP contribution in [0.4, 0.5) is 0 Å². The second-order valence-corrected chi connectivity index (χ2v) is 5.24. The first kappa shape index (κ1) is 16.7. The van der Waals surface area contributed by atoms with E-state index >= 15 is 0 Å². The highest BCUT2D eigenvalue weighted by Gasteiger charge is 2.32. The summed E-state index contributed by atoms with van der Waals surface area (Å²) in [5.74, 6) is -1.45. The van der Waals surface area contributed by atoms with Crippen molar-refractivity contribution in [1.29, 1.82) is 0 Å². The molecule has 0 aromatic heterocycles. The van der Waals surface area contributed by atoms with Crippen LogP contribution in [0.25, 0.3) is 0 Å². The number of hydrogen-bond acceptors (Lipinski definition) is 6. The molecule has 0 aliphatic heterocycles. The Morgan fingerprint density at radius 3 is 1.94 bits per heavy atom. The average molecular weight is 308 g/mol. The molecule has 0 N–H and O–H groups in total. The molecule has 0 aliphatic rings. The number of likely N-dealkylation sites (N-methyl/N-ethyl adjacent to an activating group) is 1. The molecule has 17 heavy (non-hydrogen) atoms. The smallest absolute Gasteiger partial charge is 0.395 e. The van der Waals surface area contributed by atoms with E-state index in [0.29, 0.717) is 0 Å². The van der Waals surface area contributed by atoms with Gasteiger partial charge in [-0.1, -0.05) is 23.2 Å². The lowest BCUT2D eigenvalue weighted by Crippen LogP contribution is -2.28. The standard InChI is InChI=1S/C7H12Cl2NO6P/c1-10(13-2)7(11)5(6(8)9)16-17(12,14-3)15-4/h1-4H3. The molecule has 0 heterocycles. The molecule has 0 unspecified atom stereocenters. The fourth-order valence-electron chi connectivity index (χ4n) is 0.641. The molecule has 1 amide bonds. The quantitative estimate of drug-likeness (QED) is 0.324. The SMILES string of the molecule is CON(C)C(=O)C(OP(=O)(OC)OC)=C(Cl)Cl. The summed E-state index contributed by atoms with van der Waals surface area (Å²) < 4.78 is 24.8. The Balaban J connectivity index is 5.12. The van der Waals surface area contributed by atoms with Crippen LogP contribution in [0.5, 0.6) is 0 Å². The fourth-order valence-corrected chi connectivity index (χ4v) is 1.68. The second kappa shape index (κ2) is 7.20. The van der Waals surface area contributed by atoms with Crippen molar-refractivity contribution in [3.05, 3.63) is 10.3 Å². The largest absolute Gasteiger partial charge is 0.529 e. The Kier molecular flexibility index (Phi) is 7.08. The van der Waals surface area contributed by atoms with Gasteiger partial charge in [-0.25, -0.2) is 9.63 Å². The molecule has 0 atom stereocenters. The molecular formula is C7H12Cl2NO6P. The summed E-state index contributed by atoms with van der Waals surface area (Å²) >= 11 is 10.9. The van der Waals surface area contributed by atoms with Crippen molar-refractivity contribution in [2.45, 2.75) is 0 Å². The minimum Gasteiger partial charge on any atom is -0.395 e. The van der Waals surface area contributed by atoms with Gasteiger partial charge in [0.2, 0.25) is 5.76 Å². The third-order valence-corrected chi connectivity index (χ3v) is 3.22. The number of amides is 1. The predicted molar refractivity (Wildman–Crippen MR) is 61.2 cm³/mol. The fraction of sp³-hybridized carbons (Fsp3) is 0.571. The first-order chi connectivity index (χ1) is 7.81. The number of rotatable bonds is 6. The lowest BCUT2D eigenvalue weighted by atomic mass is 10.5. The molecule has 0 aromatic rings. The van der Waals surface area contributed by atoms with Crippen LogP contribution in [-0.4, -0.2) is 39.3 Å². The maximum Gasteiger partial charge on any atom is 0.529 e. The third-order valence-electron chi connectivity index (χ3n) is 1.58. The van der Waals surface area contributed by atoms with Crippen molar-refractivity contribution in [2.24, 2.45) is 0 Å². The summed E-state index contributed by atoms with van der Waals surface area (Å²) in [6, 6.07) is 0. The molecule has 0 radical (unpaired) electrons. The van der Waals surface area contributed by atoms with Crippen LogP contribution in [0, 0.1) is 0 Å². The van der Waals surface area contributed by atoms with E-state index in [1.165, 1.54) is 14.2 Å². The van der Waals surface area contributed by atoms with E-state index in [9.17, 15) is 9.36 Å². The molecule has 0 rings (SSSR count). The summed E-state index contributed by atoms with van der Waals surface area (Å²) in [6.07, 6.45) is 0. The van der Waals surface area contributed by atoms with Crippen LogP contribution in [0.3, 0.4) is 0 Å². The number of hydroxylamine groups is 2. The van der Waals surface area contributed by atoms with Crippen molar-refractivity contribution in [2.75, 3.05) is 28.4 Å². The summed E-state index contributed by atoms with van der Waals surface area (Å²) in [6.45, 7) is 0. The van der Waals surface area contributed by atoms with E-state index in [0.717, 1.165) is 19.3 Å². The zero-order valence-corrected chi connectivity index (χ0v) is 12.0. The monoisotopic (exact) mass is 307 g/mol. The molecule has 0 spiro atoms. The summed E-state index contributed by atoms with van der Waals surface area (Å²) in [5.41, 5.74) is 0. The number of hydrogen-bond donors (Lipinski definition) is 0. The molecule has 0 saturated heterocycles. The second-order valence-electron chi connectivity index (χ2n) is 2.48. The van der Waals surface area contributed by atoms with Gasteiger partial charge in [-0.05, 0) is 0 Å². The molecule has 7 nitrogen and oxygen atoms in total. The van der Waals surface area contributed by atoms with Gasteiger partial charge in [0.15, 0.2) is 4.49 Å². The van der Waals surface area contributed by atoms with E-state index in [-0.39, 0.29) is 0 Å². The normalized spacial score (nSPS) is 10.9. The lowest BCUT2D eigenvalue weighted by molar-refractivity contribution is -0.166. The number of carbonyl (C=O) groups is 1. The van der Waals surface area contributed by atoms with E-state index in [1.807, 2.05) is 0 Å². The van der Waals surface area contributed by atoms with Gasteiger partial charge >= 0.3 is 13.7 Å². The van der Waals surface area contributed by atoms with Crippen LogP contribution in [0.1, 0.15) is 0 Å². The number of halogens is 2. The first-order valence-corrected chi connectivity index (χ1v) is 6.31. The Morgan fingerprint density at radius 1 is 1.18 bits per heavy atom. The Labute approximate surface area is 109 Å². The minimum absolute atomic E-state index is 0.534. The zero-order chi connectivity index (χ0) is 13.6. The molecule has 10 heteroatoms. The minimum atomic E-state index is -3.93. The van der Waals surface area contributed by atoms with E-state index in [1.54, 1.807) is 0 Å². The van der Waals surface area contributed by atoms with Gasteiger partial charge < -0.3 is 4.52 Å². The number of carbonyl (C=O) groups excluding carboxylic acids is 1. The highest BCUT2D eigenvalue weighted by Crippen LogP contribution is 2.50. The van der Waals surface area contributed by atoms with Crippen LogP contribution < -0.4 is 0 Å². The van der Waals surface area contributed by atoms with Crippen LogP contribution >= 0.6 is 31.0 Å². The molecule has 100 valence electrons. The summed E-state index contributed by atoms with van der Waals surface area (Å²) in [5, 5.41) is 0.774. The van der Waals surface area contributed by atoms with Crippen LogP contribution in [0.2, 0.25) is 0 Å². The molecule has 0 aliphatic carbocycles. The molecular weight excluding hydrogens is 296 g/mol. The van der Waals surface area contributed by atoms with Gasteiger partial charge in [0, 0.05) is 21.3 Å². The summed E-state index contributed by atoms with van der Waals surface area (Å²) in [4.78, 5) is 16.2. The molecule has 0 bridgehead atoms. The van der Waals surface area contributed by atoms with Gasteiger partial charge in [-0.3, -0.25) is 18.7 Å². The van der Waals surface area contributed by atoms with Crippen molar-refractivity contribution in [3.8, 4) is 0 Å². The highest BCUT2D eigenvalue weighted by atomic mass is 35.5. The Morgan fingerprint density at radius 2 is 1.65 bits per heavy atom. The number of nitrogens with zero attached hydrogens (tertiary/aromatic N) is 1. The highest BCUT2D eigenvalue weighted by molar-refractivity contribution is 7.48. The Hall–Kier alpha value is -0.300. The van der Waals surface area contributed by atoms with Crippen molar-refractivity contribution in [3.63, 3.8) is 0 Å². The first-order valence-electron chi connectivity index (χ1n) is 4.09. The van der Waals surface area contributed by atoms with Crippen LogP contribution in [-0.2, 0) is 27.8 Å². The van der Waals surface area contributed by atoms with Gasteiger partial charge in [0.1, 0.15) is 0 Å². The van der Waals surface area contributed by atoms with Crippen molar-refractivity contribution < 1.29 is 27.8 Å². The van der Waals surface area contributed by atoms with Gasteiger partial charge in [0.25, 0.3) is 0 Å². The van der Waals surface area contributed by atoms with Crippen LogP contribution in [0.15, 0.2) is 10.3 Å². The average Bonchev–Trinajstić information content (AvgIpc) is 2.33. The van der Waals surface area contributed by atoms with Crippen molar-refractivity contribution in [1.82, 2.24) is 5.06 Å².